The van der Waals surface area contributed by atoms with Gasteiger partial charge < -0.3 is 15.1 Å². The van der Waals surface area contributed by atoms with Crippen molar-refractivity contribution in [2.75, 3.05) is 37.6 Å². The average Bonchev–Trinajstić information content (AvgIpc) is 3.15. The highest BCUT2D eigenvalue weighted by Crippen LogP contribution is 2.19. The molecule has 1 aliphatic rings. The van der Waals surface area contributed by atoms with Gasteiger partial charge in [0.15, 0.2) is 5.96 Å². The number of rotatable bonds is 5. The van der Waals surface area contributed by atoms with Crippen LogP contribution in [0.25, 0.3) is 0 Å². The minimum Gasteiger partial charge on any atom is -0.357 e. The van der Waals surface area contributed by atoms with Crippen molar-refractivity contribution >= 4 is 22.6 Å². The predicted molar refractivity (Wildman–Crippen MR) is 107 cm³/mol. The van der Waals surface area contributed by atoms with Gasteiger partial charge in [-0.25, -0.2) is 9.98 Å². The van der Waals surface area contributed by atoms with Crippen LogP contribution in [0.1, 0.15) is 31.1 Å². The Hall–Kier alpha value is -2.22. The van der Waals surface area contributed by atoms with E-state index in [4.69, 9.17) is 4.99 Å². The second-order valence-corrected chi connectivity index (χ2v) is 6.99. The standard InChI is InChI=1S/C18H27N7S/c1-4-16-22-18(26-23-16)25-11-9-24(10-12-25)17(19-5-2)20-13-15-8-6-7-14(3)21-15/h6-8H,4-5,9-13H2,1-3H3,(H,19,20). The molecule has 8 heteroatoms. The molecule has 3 heterocycles. The van der Waals surface area contributed by atoms with Crippen molar-refractivity contribution < 1.29 is 0 Å². The van der Waals surface area contributed by atoms with Crippen LogP contribution in [0.2, 0.25) is 0 Å². The van der Waals surface area contributed by atoms with E-state index in [0.29, 0.717) is 6.54 Å². The smallest absolute Gasteiger partial charge is 0.205 e. The van der Waals surface area contributed by atoms with Crippen molar-refractivity contribution in [3.63, 3.8) is 0 Å². The number of nitrogens with zero attached hydrogens (tertiary/aromatic N) is 6. The maximum Gasteiger partial charge on any atom is 0.205 e. The van der Waals surface area contributed by atoms with Crippen molar-refractivity contribution in [2.24, 2.45) is 4.99 Å². The van der Waals surface area contributed by atoms with Crippen molar-refractivity contribution in [1.82, 2.24) is 24.6 Å². The largest absolute Gasteiger partial charge is 0.357 e. The Morgan fingerprint density at radius 1 is 1.19 bits per heavy atom. The molecule has 140 valence electrons. The Morgan fingerprint density at radius 3 is 2.65 bits per heavy atom. The van der Waals surface area contributed by atoms with Crippen LogP contribution in [-0.4, -0.2) is 57.9 Å². The molecule has 1 N–H and O–H groups in total. The molecule has 0 radical (unpaired) electrons. The molecule has 2 aromatic heterocycles. The van der Waals surface area contributed by atoms with Crippen LogP contribution in [0.3, 0.4) is 0 Å². The molecule has 0 atom stereocenters. The van der Waals surface area contributed by atoms with E-state index in [2.05, 4.69) is 43.3 Å². The number of nitrogens with one attached hydrogen (secondary N) is 1. The van der Waals surface area contributed by atoms with E-state index in [1.54, 1.807) is 0 Å². The summed E-state index contributed by atoms with van der Waals surface area (Å²) in [5, 5.41) is 4.44. The third-order valence-corrected chi connectivity index (χ3v) is 5.11. The number of guanidine groups is 1. The van der Waals surface area contributed by atoms with Gasteiger partial charge in [0, 0.05) is 56.4 Å². The summed E-state index contributed by atoms with van der Waals surface area (Å²) in [4.78, 5) is 18.6. The second kappa shape index (κ2) is 8.93. The van der Waals surface area contributed by atoms with E-state index >= 15 is 0 Å². The molecule has 7 nitrogen and oxygen atoms in total. The van der Waals surface area contributed by atoms with E-state index in [1.165, 1.54) is 11.5 Å². The third kappa shape index (κ3) is 4.69. The summed E-state index contributed by atoms with van der Waals surface area (Å²) < 4.78 is 4.40. The Labute approximate surface area is 159 Å². The van der Waals surface area contributed by atoms with E-state index in [9.17, 15) is 0 Å². The summed E-state index contributed by atoms with van der Waals surface area (Å²) >= 11 is 1.50. The summed E-state index contributed by atoms with van der Waals surface area (Å²) in [5.74, 6) is 1.90. The van der Waals surface area contributed by atoms with Gasteiger partial charge in [-0.2, -0.15) is 4.37 Å². The Kier molecular flexibility index (Phi) is 6.38. The molecule has 1 aliphatic heterocycles. The first-order valence-electron chi connectivity index (χ1n) is 9.23. The molecule has 1 saturated heterocycles. The summed E-state index contributed by atoms with van der Waals surface area (Å²) in [5.41, 5.74) is 2.03. The van der Waals surface area contributed by atoms with Gasteiger partial charge in [0.2, 0.25) is 5.13 Å². The minimum atomic E-state index is 0.598. The quantitative estimate of drug-likeness (QED) is 0.639. The molecule has 0 bridgehead atoms. The van der Waals surface area contributed by atoms with Gasteiger partial charge in [-0.3, -0.25) is 4.98 Å². The summed E-state index contributed by atoms with van der Waals surface area (Å²) in [6, 6.07) is 6.07. The number of hydrogen-bond acceptors (Lipinski definition) is 6. The SMILES string of the molecule is CCNC(=NCc1cccc(C)n1)N1CCN(c2nc(CC)ns2)CC1. The van der Waals surface area contributed by atoms with E-state index in [0.717, 1.165) is 67.4 Å². The van der Waals surface area contributed by atoms with E-state index in [1.807, 2.05) is 25.1 Å². The van der Waals surface area contributed by atoms with Gasteiger partial charge in [0.1, 0.15) is 5.82 Å². The van der Waals surface area contributed by atoms with Crippen LogP contribution in [0, 0.1) is 6.92 Å². The van der Waals surface area contributed by atoms with E-state index in [-0.39, 0.29) is 0 Å². The molecular weight excluding hydrogens is 346 g/mol. The molecule has 0 unspecified atom stereocenters. The summed E-state index contributed by atoms with van der Waals surface area (Å²) in [6.45, 7) is 11.4. The van der Waals surface area contributed by atoms with Crippen LogP contribution >= 0.6 is 11.5 Å². The fraction of sp³-hybridized carbons (Fsp3) is 0.556. The van der Waals surface area contributed by atoms with Crippen LogP contribution in [0.4, 0.5) is 5.13 Å². The number of aromatic nitrogens is 3. The molecule has 0 spiro atoms. The molecule has 1 fully saturated rings. The van der Waals surface area contributed by atoms with Gasteiger partial charge in [-0.05, 0) is 26.0 Å². The fourth-order valence-electron chi connectivity index (χ4n) is 2.90. The highest BCUT2D eigenvalue weighted by molar-refractivity contribution is 7.09. The van der Waals surface area contributed by atoms with Gasteiger partial charge in [-0.15, -0.1) is 0 Å². The molecule has 2 aromatic rings. The monoisotopic (exact) mass is 373 g/mol. The Balaban J connectivity index is 1.61. The number of anilines is 1. The molecule has 0 aliphatic carbocycles. The number of pyridine rings is 1. The Bertz CT molecular complexity index is 735. The topological polar surface area (TPSA) is 69.5 Å². The zero-order chi connectivity index (χ0) is 18.4. The molecule has 26 heavy (non-hydrogen) atoms. The lowest BCUT2D eigenvalue weighted by molar-refractivity contribution is 0.372. The van der Waals surface area contributed by atoms with Gasteiger partial charge in [-0.1, -0.05) is 13.0 Å². The molecule has 0 saturated carbocycles. The molecule has 0 aromatic carbocycles. The lowest BCUT2D eigenvalue weighted by atomic mass is 10.3. The minimum absolute atomic E-state index is 0.598. The fourth-order valence-corrected chi connectivity index (χ4v) is 3.70. The van der Waals surface area contributed by atoms with Crippen LogP contribution < -0.4 is 10.2 Å². The zero-order valence-electron chi connectivity index (χ0n) is 15.8. The van der Waals surface area contributed by atoms with Crippen LogP contribution in [0.5, 0.6) is 0 Å². The highest BCUT2D eigenvalue weighted by atomic mass is 32.1. The van der Waals surface area contributed by atoms with Crippen molar-refractivity contribution in [2.45, 2.75) is 33.7 Å². The van der Waals surface area contributed by atoms with Gasteiger partial charge in [0.05, 0.1) is 12.2 Å². The van der Waals surface area contributed by atoms with Crippen molar-refractivity contribution in [1.29, 1.82) is 0 Å². The lowest BCUT2D eigenvalue weighted by Gasteiger charge is -2.36. The maximum atomic E-state index is 4.79. The summed E-state index contributed by atoms with van der Waals surface area (Å²) in [6.07, 6.45) is 0.890. The number of hydrogen-bond donors (Lipinski definition) is 1. The molecule has 3 rings (SSSR count). The average molecular weight is 374 g/mol. The first kappa shape index (κ1) is 18.6. The molecule has 0 amide bonds. The van der Waals surface area contributed by atoms with Crippen molar-refractivity contribution in [3.8, 4) is 0 Å². The maximum absolute atomic E-state index is 4.79. The number of aryl methyl sites for hydroxylation is 2. The normalized spacial score (nSPS) is 15.4. The first-order valence-corrected chi connectivity index (χ1v) is 10.00. The second-order valence-electron chi connectivity index (χ2n) is 6.26. The number of aliphatic imine (C=N–C) groups is 1. The Morgan fingerprint density at radius 2 is 2.00 bits per heavy atom. The third-order valence-electron chi connectivity index (χ3n) is 4.30. The molecular formula is C18H27N7S. The van der Waals surface area contributed by atoms with Gasteiger partial charge in [0.25, 0.3) is 0 Å². The van der Waals surface area contributed by atoms with Crippen LogP contribution in [-0.2, 0) is 13.0 Å². The lowest BCUT2D eigenvalue weighted by Crippen LogP contribution is -2.52. The zero-order valence-corrected chi connectivity index (χ0v) is 16.6. The van der Waals surface area contributed by atoms with Crippen molar-refractivity contribution in [3.05, 3.63) is 35.4 Å². The van der Waals surface area contributed by atoms with Crippen LogP contribution in [0.15, 0.2) is 23.2 Å². The highest BCUT2D eigenvalue weighted by Gasteiger charge is 2.22. The van der Waals surface area contributed by atoms with E-state index < -0.39 is 0 Å². The summed E-state index contributed by atoms with van der Waals surface area (Å²) in [7, 11) is 0. The van der Waals surface area contributed by atoms with Gasteiger partial charge >= 0.3 is 0 Å². The predicted octanol–water partition coefficient (Wildman–Crippen LogP) is 2.09. The number of piperazine rings is 1. The first-order chi connectivity index (χ1) is 12.7.